The van der Waals surface area contributed by atoms with Crippen molar-refractivity contribution in [2.24, 2.45) is 0 Å². The summed E-state index contributed by atoms with van der Waals surface area (Å²) in [6.45, 7) is 7.97. The van der Waals surface area contributed by atoms with Crippen LogP contribution in [0.5, 0.6) is 11.5 Å². The van der Waals surface area contributed by atoms with Crippen LogP contribution in [0.15, 0.2) is 41.3 Å². The van der Waals surface area contributed by atoms with Crippen molar-refractivity contribution in [1.82, 2.24) is 4.90 Å². The molecular weight excluding hydrogens is 402 g/mol. The number of morpholine rings is 1. The van der Waals surface area contributed by atoms with Crippen LogP contribution in [0.4, 0.5) is 0 Å². The number of ether oxygens (including phenoxy) is 2. The molecule has 2 aromatic rings. The number of methoxy groups -OCH3 is 1. The van der Waals surface area contributed by atoms with Gasteiger partial charge in [0.15, 0.2) is 0 Å². The predicted molar refractivity (Wildman–Crippen MR) is 110 cm³/mol. The Morgan fingerprint density at radius 3 is 2.29 bits per heavy atom. The zero-order valence-electron chi connectivity index (χ0n) is 16.3. The summed E-state index contributed by atoms with van der Waals surface area (Å²) in [7, 11) is -2.37. The Balaban J connectivity index is 0.00000280. The van der Waals surface area contributed by atoms with E-state index in [9.17, 15) is 8.42 Å². The van der Waals surface area contributed by atoms with Crippen molar-refractivity contribution in [3.05, 3.63) is 53.1 Å². The molecule has 0 atom stereocenters. The van der Waals surface area contributed by atoms with E-state index in [-0.39, 0.29) is 17.3 Å². The van der Waals surface area contributed by atoms with E-state index in [2.05, 4.69) is 4.90 Å². The molecule has 0 aromatic heterocycles. The zero-order chi connectivity index (χ0) is 19.4. The summed E-state index contributed by atoms with van der Waals surface area (Å²) in [5, 5.41) is 0. The lowest BCUT2D eigenvalue weighted by Gasteiger charge is -2.27. The van der Waals surface area contributed by atoms with Crippen molar-refractivity contribution in [3.8, 4) is 11.5 Å². The maximum absolute atomic E-state index is 12.6. The Bertz CT molecular complexity index is 894. The highest BCUT2D eigenvalue weighted by molar-refractivity contribution is 7.87. The topological polar surface area (TPSA) is 65.1 Å². The molecule has 1 fully saturated rings. The molecule has 1 saturated heterocycles. The fourth-order valence-electron chi connectivity index (χ4n) is 3.02. The minimum absolute atomic E-state index is 0. The highest BCUT2D eigenvalue weighted by Gasteiger charge is 2.19. The summed E-state index contributed by atoms with van der Waals surface area (Å²) in [4.78, 5) is 2.43. The highest BCUT2D eigenvalue weighted by atomic mass is 35.5. The van der Waals surface area contributed by atoms with Crippen LogP contribution in [0.1, 0.15) is 16.7 Å². The summed E-state index contributed by atoms with van der Waals surface area (Å²) in [5.74, 6) is 0.947. The minimum Gasteiger partial charge on any atom is -0.497 e. The molecule has 0 radical (unpaired) electrons. The molecule has 1 heterocycles. The molecule has 2 aromatic carbocycles. The number of halogens is 1. The highest BCUT2D eigenvalue weighted by Crippen LogP contribution is 2.27. The number of hydrogen-bond donors (Lipinski definition) is 0. The van der Waals surface area contributed by atoms with Gasteiger partial charge in [-0.2, -0.15) is 8.42 Å². The Kier molecular flexibility index (Phi) is 7.71. The van der Waals surface area contributed by atoms with Gasteiger partial charge >= 0.3 is 10.1 Å². The Hall–Kier alpha value is -1.80. The molecule has 0 saturated carbocycles. The number of benzene rings is 2. The molecule has 0 bridgehead atoms. The van der Waals surface area contributed by atoms with Crippen molar-refractivity contribution < 1.29 is 22.1 Å². The Morgan fingerprint density at radius 2 is 1.68 bits per heavy atom. The number of hydrogen-bond acceptors (Lipinski definition) is 6. The second-order valence-corrected chi connectivity index (χ2v) is 8.19. The van der Waals surface area contributed by atoms with E-state index < -0.39 is 10.1 Å². The van der Waals surface area contributed by atoms with Gasteiger partial charge in [-0.1, -0.05) is 6.07 Å². The monoisotopic (exact) mass is 427 g/mol. The Morgan fingerprint density at radius 1 is 1.04 bits per heavy atom. The van der Waals surface area contributed by atoms with Gasteiger partial charge in [0, 0.05) is 19.6 Å². The van der Waals surface area contributed by atoms with E-state index in [1.54, 1.807) is 18.2 Å². The van der Waals surface area contributed by atoms with Crippen LogP contribution in [0.2, 0.25) is 0 Å². The van der Waals surface area contributed by atoms with E-state index in [0.717, 1.165) is 44.0 Å². The van der Waals surface area contributed by atoms with Crippen molar-refractivity contribution in [2.75, 3.05) is 33.4 Å². The van der Waals surface area contributed by atoms with Crippen molar-refractivity contribution in [3.63, 3.8) is 0 Å². The molecule has 1 aliphatic heterocycles. The standard InChI is InChI=1S/C20H25NO5S.ClH/c1-15-13-20(16(2)12-17(15)14-21-8-10-25-11-9-21)26-27(22,23)19-6-4-18(24-3)5-7-19;/h4-7,12-13H,8-11,14H2,1-3H3;1H. The third-order valence-electron chi connectivity index (χ3n) is 4.68. The summed E-state index contributed by atoms with van der Waals surface area (Å²) in [5.41, 5.74) is 2.97. The van der Waals surface area contributed by atoms with Crippen molar-refractivity contribution >= 4 is 22.5 Å². The molecule has 6 nitrogen and oxygen atoms in total. The molecule has 0 spiro atoms. The van der Waals surface area contributed by atoms with E-state index in [0.29, 0.717) is 11.5 Å². The van der Waals surface area contributed by atoms with E-state index in [1.807, 2.05) is 19.9 Å². The average Bonchev–Trinajstić information content (AvgIpc) is 2.66. The maximum Gasteiger partial charge on any atom is 0.339 e. The van der Waals surface area contributed by atoms with Crippen LogP contribution in [0, 0.1) is 13.8 Å². The molecule has 3 rings (SSSR count). The van der Waals surface area contributed by atoms with Gasteiger partial charge in [-0.3, -0.25) is 4.90 Å². The molecule has 8 heteroatoms. The van der Waals surface area contributed by atoms with E-state index >= 15 is 0 Å². The third kappa shape index (κ3) is 5.38. The normalized spacial score (nSPS) is 15.0. The van der Waals surface area contributed by atoms with Gasteiger partial charge < -0.3 is 13.7 Å². The molecule has 0 unspecified atom stereocenters. The van der Waals surface area contributed by atoms with E-state index in [1.165, 1.54) is 24.8 Å². The van der Waals surface area contributed by atoms with Gasteiger partial charge in [0.1, 0.15) is 16.4 Å². The van der Waals surface area contributed by atoms with Gasteiger partial charge in [0.2, 0.25) is 0 Å². The first kappa shape index (κ1) is 22.5. The zero-order valence-corrected chi connectivity index (χ0v) is 17.9. The molecule has 154 valence electrons. The van der Waals surface area contributed by atoms with Crippen LogP contribution in [0.3, 0.4) is 0 Å². The van der Waals surface area contributed by atoms with Crippen molar-refractivity contribution in [1.29, 1.82) is 0 Å². The van der Waals surface area contributed by atoms with Crippen LogP contribution in [0.25, 0.3) is 0 Å². The second kappa shape index (κ2) is 9.60. The van der Waals surface area contributed by atoms with Gasteiger partial charge in [0.05, 0.1) is 20.3 Å². The second-order valence-electron chi connectivity index (χ2n) is 6.65. The third-order valence-corrected chi connectivity index (χ3v) is 5.93. The van der Waals surface area contributed by atoms with Gasteiger partial charge in [-0.25, -0.2) is 0 Å². The first-order valence-corrected chi connectivity index (χ1v) is 10.3. The first-order valence-electron chi connectivity index (χ1n) is 8.88. The molecule has 0 aliphatic carbocycles. The molecular formula is C20H26ClNO5S. The number of nitrogens with zero attached hydrogens (tertiary/aromatic N) is 1. The summed E-state index contributed by atoms with van der Waals surface area (Å²) < 4.78 is 41.0. The minimum atomic E-state index is -3.90. The number of aryl methyl sites for hydroxylation is 2. The van der Waals surface area contributed by atoms with Crippen LogP contribution >= 0.6 is 12.4 Å². The maximum atomic E-state index is 12.6. The lowest BCUT2D eigenvalue weighted by molar-refractivity contribution is 0.0341. The molecule has 28 heavy (non-hydrogen) atoms. The predicted octanol–water partition coefficient (Wildman–Crippen LogP) is 3.33. The quantitative estimate of drug-likeness (QED) is 0.659. The summed E-state index contributed by atoms with van der Waals surface area (Å²) in [6, 6.07) is 9.95. The van der Waals surface area contributed by atoms with Gasteiger partial charge in [0.25, 0.3) is 0 Å². The van der Waals surface area contributed by atoms with Crippen molar-refractivity contribution in [2.45, 2.75) is 25.3 Å². The SMILES string of the molecule is COc1ccc(S(=O)(=O)Oc2cc(C)c(CN3CCOCC3)cc2C)cc1.Cl. The summed E-state index contributed by atoms with van der Waals surface area (Å²) >= 11 is 0. The smallest absolute Gasteiger partial charge is 0.339 e. The lowest BCUT2D eigenvalue weighted by atomic mass is 10.0. The molecule has 0 N–H and O–H groups in total. The lowest BCUT2D eigenvalue weighted by Crippen LogP contribution is -2.35. The number of rotatable bonds is 6. The van der Waals surface area contributed by atoms with E-state index in [4.69, 9.17) is 13.7 Å². The Labute approximate surface area is 172 Å². The average molecular weight is 428 g/mol. The van der Waals surface area contributed by atoms with Gasteiger partial charge in [-0.05, 0) is 60.9 Å². The largest absolute Gasteiger partial charge is 0.497 e. The summed E-state index contributed by atoms with van der Waals surface area (Å²) in [6.07, 6.45) is 0. The van der Waals surface area contributed by atoms with Gasteiger partial charge in [-0.15, -0.1) is 12.4 Å². The fraction of sp³-hybridized carbons (Fsp3) is 0.400. The molecule has 0 amide bonds. The fourth-order valence-corrected chi connectivity index (χ4v) is 4.00. The van der Waals surface area contributed by atoms with Crippen LogP contribution in [-0.4, -0.2) is 46.7 Å². The molecule has 1 aliphatic rings. The van der Waals surface area contributed by atoms with Crippen LogP contribution in [-0.2, 0) is 21.4 Å². The first-order chi connectivity index (χ1) is 12.9. The van der Waals surface area contributed by atoms with Crippen LogP contribution < -0.4 is 8.92 Å².